The Morgan fingerprint density at radius 2 is 2.06 bits per heavy atom. The second kappa shape index (κ2) is 4.86. The summed E-state index contributed by atoms with van der Waals surface area (Å²) in [6.45, 7) is 0. The van der Waals surface area contributed by atoms with Crippen molar-refractivity contribution in [3.8, 4) is 0 Å². The van der Waals surface area contributed by atoms with Crippen LogP contribution < -0.4 is 5.32 Å². The van der Waals surface area contributed by atoms with Crippen molar-refractivity contribution in [2.45, 2.75) is 47.0 Å². The van der Waals surface area contributed by atoms with Crippen molar-refractivity contribution in [1.29, 1.82) is 0 Å². The highest BCUT2D eigenvalue weighted by molar-refractivity contribution is 8.25. The molecule has 0 spiro atoms. The molecule has 0 aromatic rings. The van der Waals surface area contributed by atoms with E-state index in [0.29, 0.717) is 5.92 Å². The molecule has 2 saturated heterocycles. The van der Waals surface area contributed by atoms with Crippen LogP contribution in [-0.4, -0.2) is 61.7 Å². The Kier molecular flexibility index (Phi) is 3.53. The minimum Gasteiger partial charge on any atom is -0.392 e. The summed E-state index contributed by atoms with van der Waals surface area (Å²) in [5, 5.41) is 34.2. The fourth-order valence-corrected chi connectivity index (χ4v) is 5.73. The van der Waals surface area contributed by atoms with Crippen molar-refractivity contribution < 1.29 is 15.3 Å². The minimum absolute atomic E-state index is 0.112. The summed E-state index contributed by atoms with van der Waals surface area (Å²) < 4.78 is 0.112. The van der Waals surface area contributed by atoms with Crippen LogP contribution in [0.1, 0.15) is 12.8 Å². The number of hydrogen-bond donors (Lipinski definition) is 4. The van der Waals surface area contributed by atoms with Crippen molar-refractivity contribution in [3.05, 3.63) is 0 Å². The summed E-state index contributed by atoms with van der Waals surface area (Å²) in [5.74, 6) is 0.305. The number of hydrogen-bond acceptors (Lipinski definition) is 6. The van der Waals surface area contributed by atoms with Gasteiger partial charge in [-0.3, -0.25) is 4.99 Å². The number of amidine groups is 1. The van der Waals surface area contributed by atoms with Crippen LogP contribution in [0.15, 0.2) is 4.99 Å². The summed E-state index contributed by atoms with van der Waals surface area (Å²) in [6.07, 6.45) is -0.175. The Morgan fingerprint density at radius 1 is 1.33 bits per heavy atom. The molecular weight excluding hydrogens is 272 g/mol. The van der Waals surface area contributed by atoms with Gasteiger partial charge in [0.25, 0.3) is 0 Å². The molecule has 6 unspecified atom stereocenters. The lowest BCUT2D eigenvalue weighted by Gasteiger charge is -2.40. The first-order chi connectivity index (χ1) is 8.61. The smallest absolute Gasteiger partial charge is 0.157 e. The minimum atomic E-state index is -0.879. The van der Waals surface area contributed by atoms with E-state index in [-0.39, 0.29) is 15.9 Å². The standard InChI is InChI=1S/C11H18N2O3S2/c1-12-11-13-5-7(15)8(16)9(17-10(5)18-11)6(14)4-2-3-4/h4-10,14-16H,2-3H2,1H3,(H,12,13). The van der Waals surface area contributed by atoms with Gasteiger partial charge in [-0.2, -0.15) is 0 Å². The predicted octanol–water partition coefficient (Wildman–Crippen LogP) is -0.389. The number of rotatable bonds is 2. The van der Waals surface area contributed by atoms with Crippen LogP contribution in [0.5, 0.6) is 0 Å². The van der Waals surface area contributed by atoms with Crippen LogP contribution in [0.2, 0.25) is 0 Å². The zero-order valence-electron chi connectivity index (χ0n) is 10.1. The Hall–Kier alpha value is 0.0500. The lowest BCUT2D eigenvalue weighted by atomic mass is 9.98. The summed E-state index contributed by atoms with van der Waals surface area (Å²) in [4.78, 5) is 4.09. The van der Waals surface area contributed by atoms with Crippen LogP contribution >= 0.6 is 23.5 Å². The average Bonchev–Trinajstić information content (AvgIpc) is 3.13. The van der Waals surface area contributed by atoms with Crippen LogP contribution in [0, 0.1) is 5.92 Å². The molecule has 3 fully saturated rings. The molecule has 6 atom stereocenters. The van der Waals surface area contributed by atoms with Gasteiger partial charge in [-0.05, 0) is 18.8 Å². The van der Waals surface area contributed by atoms with Gasteiger partial charge in [0.15, 0.2) is 5.17 Å². The number of aliphatic imine (C=N–C) groups is 1. The van der Waals surface area contributed by atoms with Crippen molar-refractivity contribution in [1.82, 2.24) is 5.32 Å². The van der Waals surface area contributed by atoms with Crippen molar-refractivity contribution in [3.63, 3.8) is 0 Å². The summed E-state index contributed by atoms with van der Waals surface area (Å²) >= 11 is 3.14. The summed E-state index contributed by atoms with van der Waals surface area (Å²) in [7, 11) is 1.71. The van der Waals surface area contributed by atoms with Crippen molar-refractivity contribution in [2.24, 2.45) is 10.9 Å². The van der Waals surface area contributed by atoms with Crippen LogP contribution in [0.3, 0.4) is 0 Å². The molecule has 3 rings (SSSR count). The molecule has 2 heterocycles. The molecule has 102 valence electrons. The highest BCUT2D eigenvalue weighted by Gasteiger charge is 2.52. The number of aliphatic hydroxyl groups excluding tert-OH is 3. The van der Waals surface area contributed by atoms with Gasteiger partial charge >= 0.3 is 0 Å². The van der Waals surface area contributed by atoms with Gasteiger partial charge in [0, 0.05) is 7.05 Å². The van der Waals surface area contributed by atoms with E-state index in [9.17, 15) is 15.3 Å². The third kappa shape index (κ3) is 2.16. The molecule has 0 bridgehead atoms. The number of aliphatic hydroxyl groups is 3. The van der Waals surface area contributed by atoms with Crippen molar-refractivity contribution >= 4 is 28.7 Å². The fourth-order valence-electron chi connectivity index (χ4n) is 2.53. The number of thioether (sulfide) groups is 2. The van der Waals surface area contributed by atoms with Gasteiger partial charge < -0.3 is 20.6 Å². The van der Waals surface area contributed by atoms with Crippen LogP contribution in [-0.2, 0) is 0 Å². The zero-order valence-corrected chi connectivity index (χ0v) is 11.7. The topological polar surface area (TPSA) is 85.1 Å². The Labute approximate surface area is 114 Å². The first-order valence-electron chi connectivity index (χ1n) is 6.21. The molecule has 0 radical (unpaired) electrons. The lowest BCUT2D eigenvalue weighted by Crippen LogP contribution is -2.58. The fraction of sp³-hybridized carbons (Fsp3) is 0.909. The summed E-state index contributed by atoms with van der Waals surface area (Å²) in [5.41, 5.74) is 0. The molecule has 0 aromatic carbocycles. The van der Waals surface area contributed by atoms with Gasteiger partial charge in [0.05, 0.1) is 28.1 Å². The first-order valence-corrected chi connectivity index (χ1v) is 8.03. The maximum absolute atomic E-state index is 10.2. The third-order valence-corrected chi connectivity index (χ3v) is 6.91. The molecular formula is C11H18N2O3S2. The first kappa shape index (κ1) is 13.1. The average molecular weight is 290 g/mol. The molecule has 4 N–H and O–H groups in total. The Morgan fingerprint density at radius 3 is 2.67 bits per heavy atom. The van der Waals surface area contributed by atoms with E-state index in [0.717, 1.165) is 18.0 Å². The van der Waals surface area contributed by atoms with Gasteiger partial charge in [-0.25, -0.2) is 0 Å². The Balaban J connectivity index is 1.75. The number of nitrogens with one attached hydrogen (secondary N) is 1. The molecule has 5 nitrogen and oxygen atoms in total. The molecule has 1 aliphatic carbocycles. The second-order valence-electron chi connectivity index (χ2n) is 5.10. The van der Waals surface area contributed by atoms with Crippen LogP contribution in [0.25, 0.3) is 0 Å². The van der Waals surface area contributed by atoms with E-state index in [4.69, 9.17) is 0 Å². The van der Waals surface area contributed by atoms with E-state index in [1.807, 2.05) is 0 Å². The van der Waals surface area contributed by atoms with E-state index in [1.165, 1.54) is 0 Å². The predicted molar refractivity (Wildman–Crippen MR) is 73.8 cm³/mol. The largest absolute Gasteiger partial charge is 0.392 e. The Bertz CT molecular complexity index is 364. The van der Waals surface area contributed by atoms with E-state index in [2.05, 4.69) is 10.3 Å². The maximum atomic E-state index is 10.2. The van der Waals surface area contributed by atoms with Crippen LogP contribution in [0.4, 0.5) is 0 Å². The third-order valence-electron chi connectivity index (χ3n) is 3.80. The molecule has 0 aromatic heterocycles. The van der Waals surface area contributed by atoms with E-state index >= 15 is 0 Å². The number of nitrogens with zero attached hydrogens (tertiary/aromatic N) is 1. The highest BCUT2D eigenvalue weighted by Crippen LogP contribution is 2.47. The lowest BCUT2D eigenvalue weighted by molar-refractivity contribution is -0.0268. The normalized spacial score (nSPS) is 47.8. The molecule has 3 aliphatic rings. The van der Waals surface area contributed by atoms with Gasteiger partial charge in [-0.1, -0.05) is 11.8 Å². The quantitative estimate of drug-likeness (QED) is 0.554. The van der Waals surface area contributed by atoms with Crippen molar-refractivity contribution in [2.75, 3.05) is 7.05 Å². The van der Waals surface area contributed by atoms with Gasteiger partial charge in [0.1, 0.15) is 6.10 Å². The molecule has 0 amide bonds. The van der Waals surface area contributed by atoms with E-state index in [1.54, 1.807) is 30.6 Å². The molecule has 1 saturated carbocycles. The number of fused-ring (bicyclic) bond motifs is 1. The van der Waals surface area contributed by atoms with E-state index < -0.39 is 18.3 Å². The zero-order chi connectivity index (χ0) is 12.9. The molecule has 18 heavy (non-hydrogen) atoms. The summed E-state index contributed by atoms with van der Waals surface area (Å²) in [6, 6.07) is -0.184. The SMILES string of the molecule is CN=C1NC2C(S1)SC(C(O)C1CC1)C(O)C2O. The van der Waals surface area contributed by atoms with Gasteiger partial charge in [-0.15, -0.1) is 11.8 Å². The molecule has 7 heteroatoms. The highest BCUT2D eigenvalue weighted by atomic mass is 32.2. The maximum Gasteiger partial charge on any atom is 0.157 e. The monoisotopic (exact) mass is 290 g/mol. The molecule has 2 aliphatic heterocycles. The second-order valence-corrected chi connectivity index (χ2v) is 7.85. The van der Waals surface area contributed by atoms with Gasteiger partial charge in [0.2, 0.25) is 0 Å².